The van der Waals surface area contributed by atoms with Gasteiger partial charge in [-0.15, -0.1) is 0 Å². The fraction of sp³-hybridized carbons (Fsp3) is 0.833. The lowest BCUT2D eigenvalue weighted by Gasteiger charge is -2.41. The first-order valence-electron chi connectivity index (χ1n) is 35.1. The van der Waals surface area contributed by atoms with Crippen LogP contribution >= 0.6 is 0 Å². The Bertz CT molecular complexity index is 1580. The molecule has 1 saturated heterocycles. The van der Waals surface area contributed by atoms with Gasteiger partial charge in [0.15, 0.2) is 12.4 Å². The van der Waals surface area contributed by atoms with Crippen LogP contribution < -0.4 is 5.32 Å². The summed E-state index contributed by atoms with van der Waals surface area (Å²) in [5.41, 5.74) is 0. The van der Waals surface area contributed by atoms with Gasteiger partial charge in [0.05, 0.1) is 25.4 Å². The molecule has 83 heavy (non-hydrogen) atoms. The number of hydrogen-bond acceptors (Lipinski definition) is 10. The van der Waals surface area contributed by atoms with Gasteiger partial charge >= 0.3 is 5.97 Å². The molecule has 8 atom stereocenters. The van der Waals surface area contributed by atoms with Crippen LogP contribution in [-0.4, -0.2) is 99.6 Å². The molecule has 0 radical (unpaired) electrons. The van der Waals surface area contributed by atoms with Crippen LogP contribution in [0.2, 0.25) is 0 Å². The van der Waals surface area contributed by atoms with Crippen LogP contribution in [0.25, 0.3) is 0 Å². The maximum atomic E-state index is 13.5. The predicted octanol–water partition coefficient (Wildman–Crippen LogP) is 17.7. The SMILES string of the molecule is CC/C=C/C=C/C=C/CCCCCCCCCC(=O)OC1C(OCC(NC(=O)C(O)CCCCCCCCCCCCCCCCCC/C=C/CCCCCCCC)C(O)/C=C/CCCCCCCCCCCCC)OC(CO)C(O)C1O. The van der Waals surface area contributed by atoms with E-state index in [0.29, 0.717) is 19.3 Å². The number of carbonyl (C=O) groups excluding carboxylic acids is 2. The third-order valence-corrected chi connectivity index (χ3v) is 16.5. The molecular weight excluding hydrogens is 1040 g/mol. The molecule has 11 heteroatoms. The molecule has 11 nitrogen and oxygen atoms in total. The second kappa shape index (κ2) is 59.7. The summed E-state index contributed by atoms with van der Waals surface area (Å²) >= 11 is 0. The summed E-state index contributed by atoms with van der Waals surface area (Å²) < 4.78 is 17.7. The average Bonchev–Trinajstić information content (AvgIpc) is 3.54. The number of aliphatic hydroxyl groups excluding tert-OH is 5. The maximum absolute atomic E-state index is 13.5. The fourth-order valence-electron chi connectivity index (χ4n) is 10.9. The number of esters is 1. The second-order valence-electron chi connectivity index (χ2n) is 24.3. The molecule has 8 unspecified atom stereocenters. The largest absolute Gasteiger partial charge is 0.454 e. The zero-order chi connectivity index (χ0) is 60.3. The van der Waals surface area contributed by atoms with Gasteiger partial charge in [0.25, 0.3) is 0 Å². The van der Waals surface area contributed by atoms with Crippen molar-refractivity contribution >= 4 is 11.9 Å². The normalized spacial score (nSPS) is 18.9. The van der Waals surface area contributed by atoms with Gasteiger partial charge in [-0.2, -0.15) is 0 Å². The fourth-order valence-corrected chi connectivity index (χ4v) is 10.9. The number of aliphatic hydroxyl groups is 5. The lowest BCUT2D eigenvalue weighted by Crippen LogP contribution is -2.61. The monoisotopic (exact) mass is 1170 g/mol. The Morgan fingerprint density at radius 1 is 0.482 bits per heavy atom. The maximum Gasteiger partial charge on any atom is 0.306 e. The molecule has 1 rings (SSSR count). The van der Waals surface area contributed by atoms with Gasteiger partial charge in [0.2, 0.25) is 5.91 Å². The van der Waals surface area contributed by atoms with Crippen LogP contribution in [0.4, 0.5) is 0 Å². The molecule has 1 aliphatic heterocycles. The molecule has 0 saturated carbocycles. The third kappa shape index (κ3) is 47.2. The van der Waals surface area contributed by atoms with Crippen molar-refractivity contribution in [1.29, 1.82) is 0 Å². The number of unbranched alkanes of at least 4 members (excludes halogenated alkanes) is 40. The minimum atomic E-state index is -1.62. The van der Waals surface area contributed by atoms with Gasteiger partial charge < -0.3 is 45.1 Å². The van der Waals surface area contributed by atoms with E-state index < -0.39 is 67.4 Å². The highest BCUT2D eigenvalue weighted by Gasteiger charge is 2.47. The number of rotatable bonds is 60. The first kappa shape index (κ1) is 78.4. The molecule has 0 spiro atoms. The van der Waals surface area contributed by atoms with Crippen molar-refractivity contribution in [3.63, 3.8) is 0 Å². The van der Waals surface area contributed by atoms with E-state index in [1.807, 2.05) is 12.2 Å². The Kier molecular flexibility index (Phi) is 56.4. The molecule has 6 N–H and O–H groups in total. The summed E-state index contributed by atoms with van der Waals surface area (Å²) in [5, 5.41) is 57.2. The summed E-state index contributed by atoms with van der Waals surface area (Å²) in [7, 11) is 0. The van der Waals surface area contributed by atoms with Crippen molar-refractivity contribution in [3.05, 3.63) is 60.8 Å². The van der Waals surface area contributed by atoms with Crippen LogP contribution in [0.5, 0.6) is 0 Å². The molecular formula is C72H131NO10. The Morgan fingerprint density at radius 3 is 1.33 bits per heavy atom. The molecule has 0 bridgehead atoms. The molecule has 0 aromatic carbocycles. The second-order valence-corrected chi connectivity index (χ2v) is 24.3. The first-order valence-corrected chi connectivity index (χ1v) is 35.1. The Morgan fingerprint density at radius 2 is 0.880 bits per heavy atom. The van der Waals surface area contributed by atoms with Gasteiger partial charge in [-0.1, -0.05) is 306 Å². The van der Waals surface area contributed by atoms with E-state index >= 15 is 0 Å². The smallest absolute Gasteiger partial charge is 0.306 e. The van der Waals surface area contributed by atoms with Crippen LogP contribution in [-0.2, 0) is 23.8 Å². The van der Waals surface area contributed by atoms with Gasteiger partial charge in [-0.25, -0.2) is 0 Å². The highest BCUT2D eigenvalue weighted by molar-refractivity contribution is 5.80. The lowest BCUT2D eigenvalue weighted by molar-refractivity contribution is -0.305. The van der Waals surface area contributed by atoms with E-state index in [-0.39, 0.29) is 13.0 Å². The van der Waals surface area contributed by atoms with Crippen molar-refractivity contribution in [2.24, 2.45) is 0 Å². The van der Waals surface area contributed by atoms with Crippen LogP contribution in [0.1, 0.15) is 323 Å². The van der Waals surface area contributed by atoms with Crippen molar-refractivity contribution < 1.29 is 49.3 Å². The van der Waals surface area contributed by atoms with Crippen molar-refractivity contribution in [2.45, 2.75) is 372 Å². The van der Waals surface area contributed by atoms with Crippen molar-refractivity contribution in [2.75, 3.05) is 13.2 Å². The third-order valence-electron chi connectivity index (χ3n) is 16.5. The van der Waals surface area contributed by atoms with Gasteiger partial charge in [0.1, 0.15) is 24.4 Å². The van der Waals surface area contributed by atoms with Crippen LogP contribution in [0, 0.1) is 0 Å². The molecule has 1 fully saturated rings. The van der Waals surface area contributed by atoms with Gasteiger partial charge in [-0.05, 0) is 70.6 Å². The first-order chi connectivity index (χ1) is 40.7. The zero-order valence-electron chi connectivity index (χ0n) is 53.8. The minimum Gasteiger partial charge on any atom is -0.454 e. The van der Waals surface area contributed by atoms with E-state index in [4.69, 9.17) is 14.2 Å². The number of nitrogens with one attached hydrogen (secondary N) is 1. The molecule has 0 aromatic rings. The Balaban J connectivity index is 2.56. The standard InChI is InChI=1S/C72H131NO10/c1-4-7-10-13-16-19-22-25-27-28-29-30-31-32-33-34-35-36-37-39-41-44-47-50-53-56-59-65(76)71(80)73-63(64(75)58-55-52-49-46-43-40-24-21-18-15-12-9-6-3)62-81-72-70(69(79)68(78)66(61-74)82-72)83-67(77)60-57-54-51-48-45-42-38-26-23-20-17-14-11-8-5-2/h8,11,14,17,20,23,25,27,55,58,63-66,68-70,72,74-76,78-79H,4-7,9-10,12-13,15-16,18-19,21-22,24,26,28-54,56-57,59-62H2,1-3H3,(H,73,80)/b11-8+,17-14+,23-20+,27-25+,58-55+. The number of hydrogen-bond donors (Lipinski definition) is 6. The summed E-state index contributed by atoms with van der Waals surface area (Å²) in [4.78, 5) is 26.6. The van der Waals surface area contributed by atoms with Gasteiger partial charge in [-0.3, -0.25) is 9.59 Å². The highest BCUT2D eigenvalue weighted by Crippen LogP contribution is 2.26. The van der Waals surface area contributed by atoms with E-state index in [2.05, 4.69) is 68.6 Å². The highest BCUT2D eigenvalue weighted by atomic mass is 16.7. The molecule has 0 aromatic heterocycles. The van der Waals surface area contributed by atoms with Crippen molar-refractivity contribution in [3.8, 4) is 0 Å². The lowest BCUT2D eigenvalue weighted by atomic mass is 9.99. The van der Waals surface area contributed by atoms with Crippen LogP contribution in [0.3, 0.4) is 0 Å². The molecule has 484 valence electrons. The average molecular weight is 1170 g/mol. The molecule has 0 aliphatic carbocycles. The Hall–Kier alpha value is -2.64. The van der Waals surface area contributed by atoms with E-state index in [9.17, 15) is 35.1 Å². The van der Waals surface area contributed by atoms with Gasteiger partial charge in [0, 0.05) is 6.42 Å². The van der Waals surface area contributed by atoms with E-state index in [1.165, 1.54) is 186 Å². The van der Waals surface area contributed by atoms with Crippen molar-refractivity contribution in [1.82, 2.24) is 5.32 Å². The zero-order valence-corrected chi connectivity index (χ0v) is 53.8. The molecule has 1 aliphatic rings. The topological polar surface area (TPSA) is 175 Å². The summed E-state index contributed by atoms with van der Waals surface area (Å²) in [5.74, 6) is -1.20. The van der Waals surface area contributed by atoms with E-state index in [1.54, 1.807) is 6.08 Å². The number of carbonyl (C=O) groups is 2. The van der Waals surface area contributed by atoms with E-state index in [0.717, 1.165) is 89.9 Å². The summed E-state index contributed by atoms with van der Waals surface area (Å²) in [6.07, 6.45) is 65.6. The number of allylic oxidation sites excluding steroid dienone is 9. The Labute approximate surface area is 509 Å². The number of ether oxygens (including phenoxy) is 3. The minimum absolute atomic E-state index is 0.110. The quantitative estimate of drug-likeness (QED) is 0.0149. The van der Waals surface area contributed by atoms with Crippen LogP contribution in [0.15, 0.2) is 60.8 Å². The molecule has 1 amide bonds. The summed E-state index contributed by atoms with van der Waals surface area (Å²) in [6.45, 7) is 5.68. The molecule has 1 heterocycles. The number of amides is 1. The summed E-state index contributed by atoms with van der Waals surface area (Å²) in [6, 6.07) is -1.03. The predicted molar refractivity (Wildman–Crippen MR) is 347 cm³/mol.